The SMILES string of the molecule is CC1(C)c2ccccc2-c2c(-c3ccc(-n4c5ccccc5c5ccc6sc7ccccc7c6c54)cc3)nc(-c3ccccc3)nc21. The van der Waals surface area contributed by atoms with Crippen LogP contribution in [0.1, 0.15) is 25.1 Å². The number of thiophene rings is 1. The van der Waals surface area contributed by atoms with Crippen LogP contribution in [0.4, 0.5) is 0 Å². The van der Waals surface area contributed by atoms with Gasteiger partial charge in [0.1, 0.15) is 0 Å². The maximum absolute atomic E-state index is 5.29. The summed E-state index contributed by atoms with van der Waals surface area (Å²) in [5.41, 5.74) is 11.2. The first kappa shape index (κ1) is 26.6. The summed E-state index contributed by atoms with van der Waals surface area (Å²) in [6.45, 7) is 4.56. The average molecular weight is 620 g/mol. The first-order chi connectivity index (χ1) is 23.1. The van der Waals surface area contributed by atoms with Gasteiger partial charge < -0.3 is 4.57 Å². The van der Waals surface area contributed by atoms with Gasteiger partial charge in [-0.05, 0) is 41.5 Å². The van der Waals surface area contributed by atoms with E-state index in [0.29, 0.717) is 0 Å². The molecule has 4 heteroatoms. The molecule has 0 aliphatic heterocycles. The largest absolute Gasteiger partial charge is 0.309 e. The van der Waals surface area contributed by atoms with E-state index >= 15 is 0 Å². The van der Waals surface area contributed by atoms with Crippen molar-refractivity contribution in [1.82, 2.24) is 14.5 Å². The van der Waals surface area contributed by atoms with Gasteiger partial charge in [0.25, 0.3) is 0 Å². The van der Waals surface area contributed by atoms with Crippen molar-refractivity contribution in [2.75, 3.05) is 0 Å². The van der Waals surface area contributed by atoms with Crippen LogP contribution < -0.4 is 0 Å². The molecule has 10 rings (SSSR count). The molecule has 0 fully saturated rings. The molecule has 0 spiro atoms. The lowest BCUT2D eigenvalue weighted by atomic mass is 9.85. The van der Waals surface area contributed by atoms with Crippen molar-refractivity contribution >= 4 is 53.3 Å². The Morgan fingerprint density at radius 1 is 0.574 bits per heavy atom. The lowest BCUT2D eigenvalue weighted by Gasteiger charge is -2.21. The summed E-state index contributed by atoms with van der Waals surface area (Å²) in [6.07, 6.45) is 0. The number of nitrogens with zero attached hydrogens (tertiary/aromatic N) is 3. The van der Waals surface area contributed by atoms with E-state index in [1.54, 1.807) is 0 Å². The van der Waals surface area contributed by atoms with Crippen molar-refractivity contribution in [3.05, 3.63) is 151 Å². The number of hydrogen-bond acceptors (Lipinski definition) is 3. The maximum atomic E-state index is 5.29. The Bertz CT molecular complexity index is 2700. The molecule has 3 aromatic heterocycles. The van der Waals surface area contributed by atoms with Gasteiger partial charge in [0.05, 0.1) is 22.4 Å². The minimum Gasteiger partial charge on any atom is -0.309 e. The monoisotopic (exact) mass is 619 g/mol. The number of hydrogen-bond donors (Lipinski definition) is 0. The van der Waals surface area contributed by atoms with Crippen LogP contribution in [-0.4, -0.2) is 14.5 Å². The van der Waals surface area contributed by atoms with E-state index in [1.165, 1.54) is 53.1 Å². The van der Waals surface area contributed by atoms with E-state index in [2.05, 4.69) is 152 Å². The quantitative estimate of drug-likeness (QED) is 0.197. The van der Waals surface area contributed by atoms with Gasteiger partial charge >= 0.3 is 0 Å². The molecule has 0 saturated heterocycles. The van der Waals surface area contributed by atoms with Gasteiger partial charge in [0.15, 0.2) is 5.82 Å². The molecule has 0 amide bonds. The van der Waals surface area contributed by atoms with E-state index in [9.17, 15) is 0 Å². The molecule has 3 nitrogen and oxygen atoms in total. The van der Waals surface area contributed by atoms with E-state index in [-0.39, 0.29) is 5.41 Å². The summed E-state index contributed by atoms with van der Waals surface area (Å²) < 4.78 is 5.08. The molecule has 222 valence electrons. The fraction of sp³-hybridized carbons (Fsp3) is 0.0698. The summed E-state index contributed by atoms with van der Waals surface area (Å²) in [5.74, 6) is 0.762. The van der Waals surface area contributed by atoms with E-state index < -0.39 is 0 Å². The molecule has 9 aromatic rings. The van der Waals surface area contributed by atoms with E-state index in [1.807, 2.05) is 17.4 Å². The number of rotatable bonds is 3. The molecular weight excluding hydrogens is 591 g/mol. The molecule has 0 unspecified atom stereocenters. The Labute approximate surface area is 276 Å². The third kappa shape index (κ3) is 3.73. The molecule has 0 N–H and O–H groups in total. The molecule has 47 heavy (non-hydrogen) atoms. The first-order valence-electron chi connectivity index (χ1n) is 16.1. The summed E-state index contributed by atoms with van der Waals surface area (Å²) in [4.78, 5) is 10.5. The second-order valence-corrected chi connectivity index (χ2v) is 14.1. The minimum absolute atomic E-state index is 0.231. The van der Waals surface area contributed by atoms with Crippen molar-refractivity contribution in [3.8, 4) is 39.5 Å². The van der Waals surface area contributed by atoms with Crippen LogP contribution in [0.25, 0.3) is 81.4 Å². The lowest BCUT2D eigenvalue weighted by molar-refractivity contribution is 0.636. The van der Waals surface area contributed by atoms with Crippen LogP contribution >= 0.6 is 11.3 Å². The fourth-order valence-electron chi connectivity index (χ4n) is 7.77. The zero-order chi connectivity index (χ0) is 31.3. The molecule has 1 aliphatic carbocycles. The number of fused-ring (bicyclic) bond motifs is 10. The fourth-order valence-corrected chi connectivity index (χ4v) is 8.88. The molecule has 3 heterocycles. The van der Waals surface area contributed by atoms with Crippen LogP contribution in [0, 0.1) is 0 Å². The number of benzene rings is 6. The van der Waals surface area contributed by atoms with Gasteiger partial charge in [0, 0.05) is 58.7 Å². The van der Waals surface area contributed by atoms with Gasteiger partial charge in [-0.25, -0.2) is 9.97 Å². The van der Waals surface area contributed by atoms with E-state index in [4.69, 9.17) is 9.97 Å². The Hall–Kier alpha value is -5.58. The van der Waals surface area contributed by atoms with Crippen molar-refractivity contribution in [2.45, 2.75) is 19.3 Å². The highest BCUT2D eigenvalue weighted by Gasteiger charge is 2.39. The Morgan fingerprint density at radius 2 is 1.30 bits per heavy atom. The molecule has 6 aromatic carbocycles. The van der Waals surface area contributed by atoms with Crippen LogP contribution in [0.15, 0.2) is 140 Å². The van der Waals surface area contributed by atoms with Crippen molar-refractivity contribution in [3.63, 3.8) is 0 Å². The van der Waals surface area contributed by atoms with Gasteiger partial charge in [0.2, 0.25) is 0 Å². The highest BCUT2D eigenvalue weighted by atomic mass is 32.1. The minimum atomic E-state index is -0.231. The average Bonchev–Trinajstić information content (AvgIpc) is 3.74. The predicted octanol–water partition coefficient (Wildman–Crippen LogP) is 11.6. The van der Waals surface area contributed by atoms with Crippen molar-refractivity contribution in [1.29, 1.82) is 0 Å². The highest BCUT2D eigenvalue weighted by molar-refractivity contribution is 7.26. The Morgan fingerprint density at radius 3 is 2.15 bits per heavy atom. The maximum Gasteiger partial charge on any atom is 0.160 e. The molecular formula is C43H29N3S. The zero-order valence-electron chi connectivity index (χ0n) is 26.0. The van der Waals surface area contributed by atoms with Gasteiger partial charge in [-0.3, -0.25) is 0 Å². The summed E-state index contributed by atoms with van der Waals surface area (Å²) >= 11 is 1.87. The zero-order valence-corrected chi connectivity index (χ0v) is 26.8. The highest BCUT2D eigenvalue weighted by Crippen LogP contribution is 2.51. The molecule has 0 radical (unpaired) electrons. The second-order valence-electron chi connectivity index (χ2n) is 13.0. The lowest BCUT2D eigenvalue weighted by Crippen LogP contribution is -2.17. The predicted molar refractivity (Wildman–Crippen MR) is 198 cm³/mol. The molecule has 0 atom stereocenters. The number of para-hydroxylation sites is 1. The normalized spacial score (nSPS) is 13.5. The van der Waals surface area contributed by atoms with Gasteiger partial charge in [-0.1, -0.05) is 123 Å². The van der Waals surface area contributed by atoms with Crippen molar-refractivity contribution < 1.29 is 0 Å². The van der Waals surface area contributed by atoms with E-state index in [0.717, 1.165) is 39.6 Å². The third-order valence-electron chi connectivity index (χ3n) is 9.98. The van der Waals surface area contributed by atoms with Gasteiger partial charge in [-0.2, -0.15) is 0 Å². The first-order valence-corrected chi connectivity index (χ1v) is 16.9. The molecule has 1 aliphatic rings. The molecule has 0 saturated carbocycles. The molecule has 0 bridgehead atoms. The smallest absolute Gasteiger partial charge is 0.160 e. The van der Waals surface area contributed by atoms with Gasteiger partial charge in [-0.15, -0.1) is 11.3 Å². The topological polar surface area (TPSA) is 30.7 Å². The summed E-state index contributed by atoms with van der Waals surface area (Å²) in [7, 11) is 0. The third-order valence-corrected chi connectivity index (χ3v) is 11.1. The summed E-state index contributed by atoms with van der Waals surface area (Å²) in [5, 5.41) is 5.18. The van der Waals surface area contributed by atoms with Crippen LogP contribution in [-0.2, 0) is 5.41 Å². The summed E-state index contributed by atoms with van der Waals surface area (Å²) in [6, 6.07) is 50.2. The number of aromatic nitrogens is 3. The van der Waals surface area contributed by atoms with Crippen LogP contribution in [0.2, 0.25) is 0 Å². The van der Waals surface area contributed by atoms with Crippen LogP contribution in [0.5, 0.6) is 0 Å². The Balaban J connectivity index is 1.22. The van der Waals surface area contributed by atoms with Crippen molar-refractivity contribution in [2.24, 2.45) is 0 Å². The standard InChI is InChI=1S/C43H29N3S/c1-43(2)33-17-9-6-15-31(33)38-39(44-42(45-41(38)43)27-12-4-3-5-13-27)26-20-22-28(23-21-26)46-34-18-10-7-14-29(34)30-24-25-36-37(40(30)46)32-16-8-11-19-35(32)47-36/h3-25H,1-2H3. The Kier molecular flexibility index (Phi) is 5.50. The second kappa shape index (κ2) is 9.71. The van der Waals surface area contributed by atoms with Crippen LogP contribution in [0.3, 0.4) is 0 Å².